The van der Waals surface area contributed by atoms with Crippen LogP contribution in [0.15, 0.2) is 0 Å². The van der Waals surface area contributed by atoms with Crippen LogP contribution in [0.25, 0.3) is 0 Å². The highest BCUT2D eigenvalue weighted by atomic mass is 16.4. The highest BCUT2D eigenvalue weighted by Crippen LogP contribution is 2.06. The molecule has 0 aromatic carbocycles. The summed E-state index contributed by atoms with van der Waals surface area (Å²) in [7, 11) is 0. The zero-order chi connectivity index (χ0) is 14.4. The van der Waals surface area contributed by atoms with E-state index in [9.17, 15) is 19.2 Å². The third-order valence-corrected chi connectivity index (χ3v) is 2.87. The van der Waals surface area contributed by atoms with Crippen molar-refractivity contribution >= 4 is 23.8 Å². The van der Waals surface area contributed by atoms with Crippen molar-refractivity contribution in [3.05, 3.63) is 0 Å². The molecule has 0 aromatic heterocycles. The van der Waals surface area contributed by atoms with Crippen molar-refractivity contribution in [1.29, 1.82) is 0 Å². The Labute approximate surface area is 110 Å². The van der Waals surface area contributed by atoms with Crippen LogP contribution in [0.2, 0.25) is 0 Å². The number of hydrogen-bond donors (Lipinski definition) is 3. The highest BCUT2D eigenvalue weighted by Gasteiger charge is 2.30. The average molecular weight is 271 g/mol. The first kappa shape index (κ1) is 14.9. The molecule has 1 unspecified atom stereocenters. The maximum absolute atomic E-state index is 11.6. The summed E-state index contributed by atoms with van der Waals surface area (Å²) < 4.78 is 0. The number of nitrogens with zero attached hydrogens (tertiary/aromatic N) is 1. The summed E-state index contributed by atoms with van der Waals surface area (Å²) in [4.78, 5) is 45.4. The van der Waals surface area contributed by atoms with Crippen molar-refractivity contribution in [3.8, 4) is 0 Å². The van der Waals surface area contributed by atoms with Crippen LogP contribution in [0.1, 0.15) is 19.8 Å². The summed E-state index contributed by atoms with van der Waals surface area (Å²) in [6.07, 6.45) is 0.593. The zero-order valence-corrected chi connectivity index (χ0v) is 10.6. The fourth-order valence-corrected chi connectivity index (χ4v) is 1.68. The summed E-state index contributed by atoms with van der Waals surface area (Å²) >= 11 is 0. The van der Waals surface area contributed by atoms with Gasteiger partial charge in [0.1, 0.15) is 6.54 Å². The van der Waals surface area contributed by atoms with Crippen LogP contribution in [-0.2, 0) is 14.4 Å². The molecular weight excluding hydrogens is 254 g/mol. The van der Waals surface area contributed by atoms with Gasteiger partial charge in [-0.25, -0.2) is 4.79 Å². The summed E-state index contributed by atoms with van der Waals surface area (Å²) in [5.41, 5.74) is 0. The molecule has 3 N–H and O–H groups in total. The first-order chi connectivity index (χ1) is 8.93. The number of imide groups is 1. The Kier molecular flexibility index (Phi) is 5.28. The molecule has 0 aromatic rings. The Morgan fingerprint density at radius 3 is 2.63 bits per heavy atom. The van der Waals surface area contributed by atoms with Gasteiger partial charge >= 0.3 is 12.0 Å². The minimum absolute atomic E-state index is 0.0279. The molecule has 1 saturated heterocycles. The molecule has 1 atom stereocenters. The van der Waals surface area contributed by atoms with Crippen molar-refractivity contribution in [2.24, 2.45) is 5.92 Å². The van der Waals surface area contributed by atoms with E-state index in [4.69, 9.17) is 5.11 Å². The lowest BCUT2D eigenvalue weighted by Gasteiger charge is -2.15. The lowest BCUT2D eigenvalue weighted by molar-refractivity contribution is -0.138. The predicted molar refractivity (Wildman–Crippen MR) is 64.2 cm³/mol. The second-order valence-corrected chi connectivity index (χ2v) is 4.31. The number of rotatable bonds is 7. The van der Waals surface area contributed by atoms with Crippen LogP contribution in [0.4, 0.5) is 4.79 Å². The standard InChI is InChI=1S/C11H17N3O5/c1-2-7(3-10(17)18)4-12-8(15)6-14-9(16)5-13-11(14)19/h7H,2-6H2,1H3,(H,12,15)(H,13,19)(H,17,18). The number of urea groups is 1. The molecule has 1 rings (SSSR count). The van der Waals surface area contributed by atoms with Crippen molar-refractivity contribution in [1.82, 2.24) is 15.5 Å². The highest BCUT2D eigenvalue weighted by molar-refractivity contribution is 6.04. The van der Waals surface area contributed by atoms with Gasteiger partial charge in [0.05, 0.1) is 6.54 Å². The molecule has 8 heteroatoms. The first-order valence-electron chi connectivity index (χ1n) is 6.00. The third-order valence-electron chi connectivity index (χ3n) is 2.87. The minimum Gasteiger partial charge on any atom is -0.481 e. The van der Waals surface area contributed by atoms with E-state index in [1.807, 2.05) is 6.92 Å². The molecule has 0 spiro atoms. The summed E-state index contributed by atoms with van der Waals surface area (Å²) in [6.45, 7) is 1.61. The maximum atomic E-state index is 11.6. The largest absolute Gasteiger partial charge is 0.481 e. The molecule has 8 nitrogen and oxygen atoms in total. The van der Waals surface area contributed by atoms with E-state index in [1.165, 1.54) is 0 Å². The molecule has 0 aliphatic carbocycles. The van der Waals surface area contributed by atoms with E-state index in [2.05, 4.69) is 10.6 Å². The molecule has 1 heterocycles. The Hall–Kier alpha value is -2.12. The second-order valence-electron chi connectivity index (χ2n) is 4.31. The first-order valence-corrected chi connectivity index (χ1v) is 6.00. The SMILES string of the molecule is CCC(CNC(=O)CN1C(=O)CNC1=O)CC(=O)O. The number of hydrogen-bond acceptors (Lipinski definition) is 4. The Morgan fingerprint density at radius 2 is 2.16 bits per heavy atom. The molecular formula is C11H17N3O5. The quantitative estimate of drug-likeness (QED) is 0.522. The molecule has 1 aliphatic rings. The van der Waals surface area contributed by atoms with Crippen LogP contribution in [0.3, 0.4) is 0 Å². The normalized spacial score (nSPS) is 16.2. The Balaban J connectivity index is 2.36. The van der Waals surface area contributed by atoms with E-state index >= 15 is 0 Å². The Morgan fingerprint density at radius 1 is 1.47 bits per heavy atom. The van der Waals surface area contributed by atoms with Crippen LogP contribution >= 0.6 is 0 Å². The predicted octanol–water partition coefficient (Wildman–Crippen LogP) is -0.845. The van der Waals surface area contributed by atoms with Crippen LogP contribution in [-0.4, -0.2) is 53.5 Å². The van der Waals surface area contributed by atoms with Crippen molar-refractivity contribution in [3.63, 3.8) is 0 Å². The summed E-state index contributed by atoms with van der Waals surface area (Å²) in [5.74, 6) is -2.01. The van der Waals surface area contributed by atoms with Gasteiger partial charge < -0.3 is 15.7 Å². The zero-order valence-electron chi connectivity index (χ0n) is 10.6. The van der Waals surface area contributed by atoms with Gasteiger partial charge in [-0.3, -0.25) is 19.3 Å². The lowest BCUT2D eigenvalue weighted by atomic mass is 10.0. The number of nitrogens with one attached hydrogen (secondary N) is 2. The van der Waals surface area contributed by atoms with E-state index < -0.39 is 23.8 Å². The molecule has 0 saturated carbocycles. The molecule has 4 amide bonds. The smallest absolute Gasteiger partial charge is 0.325 e. The molecule has 1 fully saturated rings. The van der Waals surface area contributed by atoms with Crippen LogP contribution in [0, 0.1) is 5.92 Å². The van der Waals surface area contributed by atoms with E-state index in [1.54, 1.807) is 0 Å². The number of carboxylic acids is 1. The Bertz CT molecular complexity index is 380. The lowest BCUT2D eigenvalue weighted by Crippen LogP contribution is -2.42. The fraction of sp³-hybridized carbons (Fsp3) is 0.636. The number of aliphatic carboxylic acids is 1. The maximum Gasteiger partial charge on any atom is 0.325 e. The molecule has 106 valence electrons. The van der Waals surface area contributed by atoms with Gasteiger partial charge in [0, 0.05) is 13.0 Å². The van der Waals surface area contributed by atoms with Gasteiger partial charge in [0.2, 0.25) is 5.91 Å². The van der Waals surface area contributed by atoms with Gasteiger partial charge in [-0.05, 0) is 5.92 Å². The van der Waals surface area contributed by atoms with Crippen LogP contribution < -0.4 is 10.6 Å². The third kappa shape index (κ3) is 4.57. The molecule has 0 bridgehead atoms. The van der Waals surface area contributed by atoms with E-state index in [0.29, 0.717) is 6.42 Å². The van der Waals surface area contributed by atoms with E-state index in [0.717, 1.165) is 4.90 Å². The van der Waals surface area contributed by atoms with Gasteiger partial charge in [0.15, 0.2) is 0 Å². The minimum atomic E-state index is -0.921. The summed E-state index contributed by atoms with van der Waals surface area (Å²) in [6, 6.07) is -0.585. The van der Waals surface area contributed by atoms with Gasteiger partial charge in [-0.1, -0.05) is 13.3 Å². The number of carboxylic acid groups (broad SMARTS) is 1. The fourth-order valence-electron chi connectivity index (χ4n) is 1.68. The van der Waals surface area contributed by atoms with Gasteiger partial charge in [0.25, 0.3) is 5.91 Å². The average Bonchev–Trinajstić information content (AvgIpc) is 2.65. The molecule has 0 radical (unpaired) electrons. The van der Waals surface area contributed by atoms with Crippen molar-refractivity contribution in [2.75, 3.05) is 19.6 Å². The monoisotopic (exact) mass is 271 g/mol. The topological polar surface area (TPSA) is 116 Å². The van der Waals surface area contributed by atoms with Crippen molar-refractivity contribution in [2.45, 2.75) is 19.8 Å². The van der Waals surface area contributed by atoms with Gasteiger partial charge in [-0.2, -0.15) is 0 Å². The molecule has 19 heavy (non-hydrogen) atoms. The molecule has 1 aliphatic heterocycles. The number of amides is 4. The van der Waals surface area contributed by atoms with Gasteiger partial charge in [-0.15, -0.1) is 0 Å². The van der Waals surface area contributed by atoms with Crippen LogP contribution in [0.5, 0.6) is 0 Å². The summed E-state index contributed by atoms with van der Waals surface area (Å²) in [5, 5.41) is 13.5. The van der Waals surface area contributed by atoms with Crippen molar-refractivity contribution < 1.29 is 24.3 Å². The number of carbonyl (C=O) groups is 4. The number of carbonyl (C=O) groups excluding carboxylic acids is 3. The van der Waals surface area contributed by atoms with E-state index in [-0.39, 0.29) is 32.0 Å². The second kappa shape index (κ2) is 6.72.